The third kappa shape index (κ3) is 2.30. The molecule has 0 aromatic heterocycles. The van der Waals surface area contributed by atoms with Crippen molar-refractivity contribution in [1.82, 2.24) is 0 Å². The molecule has 2 unspecified atom stereocenters. The van der Waals surface area contributed by atoms with Crippen molar-refractivity contribution in [3.05, 3.63) is 33.6 Å². The van der Waals surface area contributed by atoms with Gasteiger partial charge >= 0.3 is 0 Å². The lowest BCUT2D eigenvalue weighted by molar-refractivity contribution is 0.152. The largest absolute Gasteiger partial charge is 0.387 e. The zero-order valence-electron chi connectivity index (χ0n) is 9.01. The van der Waals surface area contributed by atoms with Crippen LogP contribution in [-0.4, -0.2) is 11.1 Å². The monoisotopic (exact) mass is 231 g/mol. The van der Waals surface area contributed by atoms with Gasteiger partial charge in [0.1, 0.15) is 5.82 Å². The lowest BCUT2D eigenvalue weighted by Crippen LogP contribution is -2.25. The van der Waals surface area contributed by atoms with E-state index in [2.05, 4.69) is 0 Å². The fraction of sp³-hybridized carbons (Fsp3) is 0.455. The van der Waals surface area contributed by atoms with E-state index in [1.807, 2.05) is 0 Å². The van der Waals surface area contributed by atoms with Crippen LogP contribution in [0.2, 0.25) is 5.02 Å². The fourth-order valence-electron chi connectivity index (χ4n) is 1.46. The Labute approximate surface area is 93.9 Å². The standard InChI is InChI=1S/C11H15ClFNO/c1-5-8(11(15)7(3)14)4-9(13)6(2)10(5)12/h4,7,11,15H,14H2,1-3H3. The zero-order chi connectivity index (χ0) is 11.7. The third-order valence-electron chi connectivity index (χ3n) is 2.55. The van der Waals surface area contributed by atoms with Crippen molar-refractivity contribution >= 4 is 11.6 Å². The molecule has 0 saturated carbocycles. The van der Waals surface area contributed by atoms with Gasteiger partial charge in [-0.05, 0) is 38.0 Å². The summed E-state index contributed by atoms with van der Waals surface area (Å²) in [7, 11) is 0. The van der Waals surface area contributed by atoms with Crippen molar-refractivity contribution in [3.63, 3.8) is 0 Å². The van der Waals surface area contributed by atoms with Gasteiger partial charge in [-0.2, -0.15) is 0 Å². The number of benzene rings is 1. The Morgan fingerprint density at radius 1 is 1.40 bits per heavy atom. The Kier molecular flexibility index (Phi) is 3.71. The highest BCUT2D eigenvalue weighted by Crippen LogP contribution is 2.30. The van der Waals surface area contributed by atoms with E-state index in [4.69, 9.17) is 17.3 Å². The number of aliphatic hydroxyl groups excluding tert-OH is 1. The molecule has 2 atom stereocenters. The molecule has 2 nitrogen and oxygen atoms in total. The molecule has 0 fully saturated rings. The second-order valence-corrected chi connectivity index (χ2v) is 4.19. The first kappa shape index (κ1) is 12.4. The molecule has 4 heteroatoms. The summed E-state index contributed by atoms with van der Waals surface area (Å²) >= 11 is 5.94. The van der Waals surface area contributed by atoms with Crippen LogP contribution in [0.4, 0.5) is 4.39 Å². The van der Waals surface area contributed by atoms with Gasteiger partial charge in [0.05, 0.1) is 6.10 Å². The molecule has 1 rings (SSSR count). The Hall–Kier alpha value is -0.640. The van der Waals surface area contributed by atoms with Crippen LogP contribution in [0.25, 0.3) is 0 Å². The minimum atomic E-state index is -0.891. The SMILES string of the molecule is Cc1c(F)cc(C(O)C(C)N)c(C)c1Cl. The van der Waals surface area contributed by atoms with Crippen molar-refractivity contribution < 1.29 is 9.50 Å². The molecule has 0 radical (unpaired) electrons. The minimum absolute atomic E-state index is 0.352. The van der Waals surface area contributed by atoms with Crippen molar-refractivity contribution in [1.29, 1.82) is 0 Å². The Morgan fingerprint density at radius 2 is 1.93 bits per heavy atom. The number of hydrogen-bond donors (Lipinski definition) is 2. The first-order valence-electron chi connectivity index (χ1n) is 4.75. The molecule has 1 aromatic carbocycles. The van der Waals surface area contributed by atoms with Crippen LogP contribution in [0.3, 0.4) is 0 Å². The first-order valence-corrected chi connectivity index (χ1v) is 5.12. The van der Waals surface area contributed by atoms with E-state index in [9.17, 15) is 9.50 Å². The van der Waals surface area contributed by atoms with Crippen molar-refractivity contribution in [3.8, 4) is 0 Å². The van der Waals surface area contributed by atoms with Crippen molar-refractivity contribution in [2.24, 2.45) is 5.73 Å². The average molecular weight is 232 g/mol. The van der Waals surface area contributed by atoms with E-state index in [-0.39, 0.29) is 0 Å². The van der Waals surface area contributed by atoms with E-state index in [0.717, 1.165) is 0 Å². The molecule has 0 saturated heterocycles. The number of halogens is 2. The van der Waals surface area contributed by atoms with Gasteiger partial charge in [-0.25, -0.2) is 4.39 Å². The lowest BCUT2D eigenvalue weighted by Gasteiger charge is -2.19. The van der Waals surface area contributed by atoms with E-state index in [1.165, 1.54) is 6.07 Å². The number of aliphatic hydroxyl groups is 1. The predicted octanol–water partition coefficient (Wildman–Crippen LogP) is 2.48. The summed E-state index contributed by atoms with van der Waals surface area (Å²) in [5.41, 5.74) is 7.09. The molecule has 0 bridgehead atoms. The van der Waals surface area contributed by atoms with Gasteiger partial charge in [-0.3, -0.25) is 0 Å². The summed E-state index contributed by atoms with van der Waals surface area (Å²) in [6.07, 6.45) is -0.891. The molecule has 0 spiro atoms. The maximum absolute atomic E-state index is 13.4. The van der Waals surface area contributed by atoms with Gasteiger partial charge < -0.3 is 10.8 Å². The molecule has 0 aliphatic heterocycles. The van der Waals surface area contributed by atoms with Crippen LogP contribution in [0.5, 0.6) is 0 Å². The number of nitrogens with two attached hydrogens (primary N) is 1. The number of rotatable bonds is 2. The molecule has 0 heterocycles. The molecule has 0 aliphatic rings. The topological polar surface area (TPSA) is 46.2 Å². The van der Waals surface area contributed by atoms with Gasteiger partial charge in [-0.15, -0.1) is 0 Å². The summed E-state index contributed by atoms with van der Waals surface area (Å²) in [5, 5.41) is 10.1. The highest BCUT2D eigenvalue weighted by atomic mass is 35.5. The highest BCUT2D eigenvalue weighted by Gasteiger charge is 2.19. The lowest BCUT2D eigenvalue weighted by atomic mass is 9.97. The van der Waals surface area contributed by atoms with Gasteiger partial charge in [0.15, 0.2) is 0 Å². The molecular formula is C11H15ClFNO. The second-order valence-electron chi connectivity index (χ2n) is 3.82. The Bertz CT molecular complexity index is 379. The fourth-order valence-corrected chi connectivity index (χ4v) is 1.66. The van der Waals surface area contributed by atoms with E-state index in [1.54, 1.807) is 20.8 Å². The summed E-state index contributed by atoms with van der Waals surface area (Å²) in [6, 6.07) is 0.840. The van der Waals surface area contributed by atoms with Crippen LogP contribution in [0, 0.1) is 19.7 Å². The normalized spacial score (nSPS) is 15.1. The second kappa shape index (κ2) is 4.47. The predicted molar refractivity (Wildman–Crippen MR) is 59.5 cm³/mol. The van der Waals surface area contributed by atoms with Crippen molar-refractivity contribution in [2.45, 2.75) is 32.9 Å². The van der Waals surface area contributed by atoms with E-state index >= 15 is 0 Å². The van der Waals surface area contributed by atoms with Crippen LogP contribution in [0.15, 0.2) is 6.07 Å². The summed E-state index contributed by atoms with van der Waals surface area (Å²) in [5.74, 6) is -0.416. The van der Waals surface area contributed by atoms with Crippen LogP contribution in [-0.2, 0) is 0 Å². The van der Waals surface area contributed by atoms with Gasteiger partial charge in [0, 0.05) is 16.6 Å². The van der Waals surface area contributed by atoms with Gasteiger partial charge in [0.25, 0.3) is 0 Å². The molecule has 0 aliphatic carbocycles. The summed E-state index contributed by atoms with van der Waals surface area (Å²) in [4.78, 5) is 0. The van der Waals surface area contributed by atoms with E-state index < -0.39 is 18.0 Å². The zero-order valence-corrected chi connectivity index (χ0v) is 9.77. The molecule has 1 aromatic rings. The Balaban J connectivity index is 3.32. The number of hydrogen-bond acceptors (Lipinski definition) is 2. The quantitative estimate of drug-likeness (QED) is 0.822. The molecule has 0 amide bonds. The minimum Gasteiger partial charge on any atom is -0.387 e. The average Bonchev–Trinajstić information content (AvgIpc) is 2.19. The van der Waals surface area contributed by atoms with Crippen LogP contribution >= 0.6 is 11.6 Å². The maximum atomic E-state index is 13.4. The summed E-state index contributed by atoms with van der Waals surface area (Å²) in [6.45, 7) is 5.01. The Morgan fingerprint density at radius 3 is 2.40 bits per heavy atom. The van der Waals surface area contributed by atoms with Crippen molar-refractivity contribution in [2.75, 3.05) is 0 Å². The van der Waals surface area contributed by atoms with E-state index in [0.29, 0.717) is 21.7 Å². The van der Waals surface area contributed by atoms with Crippen LogP contribution in [0.1, 0.15) is 29.7 Å². The highest BCUT2D eigenvalue weighted by molar-refractivity contribution is 6.32. The first-order chi connectivity index (χ1) is 6.86. The van der Waals surface area contributed by atoms with Crippen LogP contribution < -0.4 is 5.73 Å². The summed E-state index contributed by atoms with van der Waals surface area (Å²) < 4.78 is 13.4. The van der Waals surface area contributed by atoms with Gasteiger partial charge in [0.2, 0.25) is 0 Å². The molecular weight excluding hydrogens is 217 g/mol. The maximum Gasteiger partial charge on any atom is 0.127 e. The molecule has 84 valence electrons. The third-order valence-corrected chi connectivity index (χ3v) is 3.12. The smallest absolute Gasteiger partial charge is 0.127 e. The molecule has 3 N–H and O–H groups in total. The van der Waals surface area contributed by atoms with Gasteiger partial charge in [-0.1, -0.05) is 11.6 Å². The molecule has 15 heavy (non-hydrogen) atoms.